The van der Waals surface area contributed by atoms with Crippen LogP contribution in [0.5, 0.6) is 5.75 Å². The molecule has 0 heterocycles. The summed E-state index contributed by atoms with van der Waals surface area (Å²) in [6, 6.07) is 11.6. The number of hydrogen-bond acceptors (Lipinski definition) is 6. The molecule has 0 radical (unpaired) electrons. The van der Waals surface area contributed by atoms with Gasteiger partial charge in [0.05, 0.1) is 19.9 Å². The molecule has 4 N–H and O–H groups in total. The molecule has 2 aromatic carbocycles. The number of aliphatic hydroxyl groups excluding tert-OH is 1. The Morgan fingerprint density at radius 1 is 1.00 bits per heavy atom. The Labute approximate surface area is 180 Å². The van der Waals surface area contributed by atoms with Gasteiger partial charge in [-0.05, 0) is 48.4 Å². The SMILES string of the molecule is COc1cc(C=NNC(=O)c2ccc(C(=O)NCCC(=O)NCCO)cc2)ccc1C. The molecular weight excluding hydrogens is 400 g/mol. The van der Waals surface area contributed by atoms with Crippen LogP contribution in [0.3, 0.4) is 0 Å². The Bertz CT molecular complexity index is 941. The first-order chi connectivity index (χ1) is 14.9. The molecule has 2 rings (SSSR count). The Kier molecular flexibility index (Phi) is 9.18. The quantitative estimate of drug-likeness (QED) is 0.333. The van der Waals surface area contributed by atoms with Gasteiger partial charge in [-0.2, -0.15) is 5.10 Å². The van der Waals surface area contributed by atoms with E-state index in [0.717, 1.165) is 16.9 Å². The molecule has 0 spiro atoms. The van der Waals surface area contributed by atoms with Crippen molar-refractivity contribution in [3.05, 3.63) is 64.7 Å². The molecule has 164 valence electrons. The number of methoxy groups -OCH3 is 1. The summed E-state index contributed by atoms with van der Waals surface area (Å²) in [7, 11) is 1.59. The topological polar surface area (TPSA) is 129 Å². The lowest BCUT2D eigenvalue weighted by molar-refractivity contribution is -0.121. The minimum Gasteiger partial charge on any atom is -0.496 e. The fourth-order valence-electron chi connectivity index (χ4n) is 2.60. The fourth-order valence-corrected chi connectivity index (χ4v) is 2.60. The van der Waals surface area contributed by atoms with Crippen molar-refractivity contribution in [2.24, 2.45) is 5.10 Å². The number of aliphatic hydroxyl groups is 1. The first-order valence-corrected chi connectivity index (χ1v) is 9.68. The number of benzene rings is 2. The van der Waals surface area contributed by atoms with Crippen molar-refractivity contribution in [2.75, 3.05) is 26.8 Å². The van der Waals surface area contributed by atoms with Crippen molar-refractivity contribution in [3.8, 4) is 5.75 Å². The van der Waals surface area contributed by atoms with Gasteiger partial charge in [-0.15, -0.1) is 0 Å². The predicted octanol–water partition coefficient (Wildman–Crippen LogP) is 0.996. The van der Waals surface area contributed by atoms with Crippen LogP contribution in [0, 0.1) is 6.92 Å². The number of rotatable bonds is 10. The van der Waals surface area contributed by atoms with Gasteiger partial charge in [0.2, 0.25) is 5.91 Å². The molecule has 0 saturated carbocycles. The molecule has 9 nitrogen and oxygen atoms in total. The number of ether oxygens (including phenoxy) is 1. The minimum atomic E-state index is -0.414. The van der Waals surface area contributed by atoms with Gasteiger partial charge in [-0.3, -0.25) is 14.4 Å². The Balaban J connectivity index is 1.84. The summed E-state index contributed by atoms with van der Waals surface area (Å²) in [4.78, 5) is 35.8. The van der Waals surface area contributed by atoms with Crippen molar-refractivity contribution in [3.63, 3.8) is 0 Å². The number of aryl methyl sites for hydroxylation is 1. The maximum atomic E-state index is 12.2. The van der Waals surface area contributed by atoms with E-state index in [0.29, 0.717) is 11.1 Å². The summed E-state index contributed by atoms with van der Waals surface area (Å²) >= 11 is 0. The molecule has 0 atom stereocenters. The number of hydrogen-bond donors (Lipinski definition) is 4. The average Bonchev–Trinajstić information content (AvgIpc) is 2.78. The number of carbonyl (C=O) groups excluding carboxylic acids is 3. The second-order valence-electron chi connectivity index (χ2n) is 6.58. The lowest BCUT2D eigenvalue weighted by Gasteiger charge is -2.07. The Morgan fingerprint density at radius 2 is 1.68 bits per heavy atom. The molecule has 0 aliphatic heterocycles. The Hall–Kier alpha value is -3.72. The van der Waals surface area contributed by atoms with Crippen LogP contribution >= 0.6 is 0 Å². The van der Waals surface area contributed by atoms with Crippen LogP contribution in [0.2, 0.25) is 0 Å². The van der Waals surface area contributed by atoms with Crippen LogP contribution in [-0.4, -0.2) is 55.8 Å². The van der Waals surface area contributed by atoms with Crippen molar-refractivity contribution < 1.29 is 24.2 Å². The first kappa shape index (κ1) is 23.6. The van der Waals surface area contributed by atoms with Crippen molar-refractivity contribution >= 4 is 23.9 Å². The smallest absolute Gasteiger partial charge is 0.271 e. The molecule has 31 heavy (non-hydrogen) atoms. The zero-order valence-electron chi connectivity index (χ0n) is 17.5. The van der Waals surface area contributed by atoms with Gasteiger partial charge in [-0.1, -0.05) is 12.1 Å². The third kappa shape index (κ3) is 7.56. The maximum Gasteiger partial charge on any atom is 0.271 e. The second kappa shape index (κ2) is 12.1. The van der Waals surface area contributed by atoms with Crippen molar-refractivity contribution in [1.82, 2.24) is 16.1 Å². The second-order valence-corrected chi connectivity index (χ2v) is 6.58. The van der Waals surface area contributed by atoms with Crippen LogP contribution in [0.25, 0.3) is 0 Å². The van der Waals surface area contributed by atoms with Gasteiger partial charge in [0, 0.05) is 30.6 Å². The van der Waals surface area contributed by atoms with Crippen LogP contribution in [-0.2, 0) is 4.79 Å². The lowest BCUT2D eigenvalue weighted by Crippen LogP contribution is -2.32. The molecule has 2 aromatic rings. The van der Waals surface area contributed by atoms with Gasteiger partial charge in [0.25, 0.3) is 11.8 Å². The van der Waals surface area contributed by atoms with Crippen LogP contribution in [0.1, 0.15) is 38.3 Å². The van der Waals surface area contributed by atoms with E-state index < -0.39 is 5.91 Å². The Morgan fingerprint density at radius 3 is 2.32 bits per heavy atom. The number of amides is 3. The van der Waals surface area contributed by atoms with Crippen LogP contribution in [0.4, 0.5) is 0 Å². The van der Waals surface area contributed by atoms with Crippen LogP contribution in [0.15, 0.2) is 47.6 Å². The lowest BCUT2D eigenvalue weighted by atomic mass is 10.1. The molecule has 3 amide bonds. The molecule has 0 unspecified atom stereocenters. The van der Waals surface area contributed by atoms with E-state index in [1.807, 2.05) is 25.1 Å². The molecule has 0 aliphatic carbocycles. The summed E-state index contributed by atoms with van der Waals surface area (Å²) in [6.07, 6.45) is 1.62. The van der Waals surface area contributed by atoms with E-state index in [1.165, 1.54) is 30.5 Å². The number of nitrogens with one attached hydrogen (secondary N) is 3. The van der Waals surface area contributed by atoms with Gasteiger partial charge >= 0.3 is 0 Å². The third-order valence-corrected chi connectivity index (χ3v) is 4.29. The van der Waals surface area contributed by atoms with Gasteiger partial charge in [0.1, 0.15) is 5.75 Å². The summed E-state index contributed by atoms with van der Waals surface area (Å²) in [5, 5.41) is 17.7. The highest BCUT2D eigenvalue weighted by molar-refractivity contribution is 5.98. The highest BCUT2D eigenvalue weighted by atomic mass is 16.5. The summed E-state index contributed by atoms with van der Waals surface area (Å²) in [6.45, 7) is 2.14. The number of nitrogens with zero attached hydrogens (tertiary/aromatic N) is 1. The van der Waals surface area contributed by atoms with Gasteiger partial charge < -0.3 is 20.5 Å². The van der Waals surface area contributed by atoms with E-state index >= 15 is 0 Å². The molecule has 0 aliphatic rings. The number of hydrazone groups is 1. The van der Waals surface area contributed by atoms with E-state index in [-0.39, 0.29) is 37.9 Å². The molecule has 0 bridgehead atoms. The molecule has 0 saturated heterocycles. The molecule has 0 aromatic heterocycles. The molecule has 9 heteroatoms. The van der Waals surface area contributed by atoms with Crippen LogP contribution < -0.4 is 20.8 Å². The van der Waals surface area contributed by atoms with E-state index in [1.54, 1.807) is 7.11 Å². The van der Waals surface area contributed by atoms with Gasteiger partial charge in [-0.25, -0.2) is 5.43 Å². The van der Waals surface area contributed by atoms with Gasteiger partial charge in [0.15, 0.2) is 0 Å². The average molecular weight is 426 g/mol. The molecule has 0 fully saturated rings. The zero-order valence-corrected chi connectivity index (χ0v) is 17.5. The highest BCUT2D eigenvalue weighted by Gasteiger charge is 2.09. The zero-order chi connectivity index (χ0) is 22.6. The normalized spacial score (nSPS) is 10.5. The largest absolute Gasteiger partial charge is 0.496 e. The standard InChI is InChI=1S/C22H26N4O5/c1-15-3-4-16(13-19(15)31-2)14-25-26-22(30)18-7-5-17(6-8-18)21(29)24-10-9-20(28)23-11-12-27/h3-8,13-14,27H,9-12H2,1-2H3,(H,23,28)(H,24,29)(H,26,30). The van der Waals surface area contributed by atoms with E-state index in [9.17, 15) is 14.4 Å². The summed E-state index contributed by atoms with van der Waals surface area (Å²) < 4.78 is 5.25. The van der Waals surface area contributed by atoms with Crippen molar-refractivity contribution in [2.45, 2.75) is 13.3 Å². The number of carbonyl (C=O) groups is 3. The monoisotopic (exact) mass is 426 g/mol. The molecular formula is C22H26N4O5. The maximum absolute atomic E-state index is 12.2. The minimum absolute atomic E-state index is 0.108. The fraction of sp³-hybridized carbons (Fsp3) is 0.273. The first-order valence-electron chi connectivity index (χ1n) is 9.68. The third-order valence-electron chi connectivity index (χ3n) is 4.29. The predicted molar refractivity (Wildman–Crippen MR) is 116 cm³/mol. The summed E-state index contributed by atoms with van der Waals surface area (Å²) in [5.74, 6) is -0.294. The van der Waals surface area contributed by atoms with Crippen molar-refractivity contribution in [1.29, 1.82) is 0 Å². The van der Waals surface area contributed by atoms with E-state index in [2.05, 4.69) is 21.2 Å². The van der Waals surface area contributed by atoms with E-state index in [4.69, 9.17) is 9.84 Å². The summed E-state index contributed by atoms with van der Waals surface area (Å²) in [5.41, 5.74) is 4.92. The highest BCUT2D eigenvalue weighted by Crippen LogP contribution is 2.17.